The van der Waals surface area contributed by atoms with Crippen molar-refractivity contribution >= 4 is 0 Å². The summed E-state index contributed by atoms with van der Waals surface area (Å²) in [5, 5.41) is 3.33. The van der Waals surface area contributed by atoms with Gasteiger partial charge in [-0.2, -0.15) is 0 Å². The van der Waals surface area contributed by atoms with E-state index in [-0.39, 0.29) is 0 Å². The summed E-state index contributed by atoms with van der Waals surface area (Å²) < 4.78 is 10.9. The number of hydrogen-bond donors (Lipinski definition) is 0. The van der Waals surface area contributed by atoms with Crippen molar-refractivity contribution in [3.05, 3.63) is 94.7 Å². The van der Waals surface area contributed by atoms with Crippen molar-refractivity contribution in [2.75, 3.05) is 13.7 Å². The number of ether oxygens (including phenoxy) is 2. The molecule has 5 nitrogen and oxygen atoms in total. The molecule has 0 bridgehead atoms. The molecule has 0 aliphatic rings. The van der Waals surface area contributed by atoms with Gasteiger partial charge in [0.05, 0.1) is 13.7 Å². The summed E-state index contributed by atoms with van der Waals surface area (Å²) in [4.78, 5) is 15.6. The van der Waals surface area contributed by atoms with E-state index in [0.29, 0.717) is 13.0 Å². The lowest BCUT2D eigenvalue weighted by molar-refractivity contribution is 0.320. The molecule has 26 heavy (non-hydrogen) atoms. The highest BCUT2D eigenvalue weighted by atomic mass is 16.5. The Bertz CT molecular complexity index is 835. The predicted octanol–water partition coefficient (Wildman–Crippen LogP) is 4.57. The average molecular weight is 348 g/mol. The molecule has 2 aromatic carbocycles. The van der Waals surface area contributed by atoms with E-state index in [4.69, 9.17) is 9.47 Å². The molecule has 0 radical (unpaired) electrons. The van der Waals surface area contributed by atoms with Gasteiger partial charge in [0.1, 0.15) is 17.5 Å². The van der Waals surface area contributed by atoms with Gasteiger partial charge in [0.2, 0.25) is 0 Å². The van der Waals surface area contributed by atoms with Gasteiger partial charge in [0, 0.05) is 24.4 Å². The zero-order valence-electron chi connectivity index (χ0n) is 14.5. The molecule has 0 aliphatic carbocycles. The molecule has 5 heteroatoms. The maximum absolute atomic E-state index is 11.5. The van der Waals surface area contributed by atoms with Crippen LogP contribution in [-0.2, 0) is 6.42 Å². The normalized spacial score (nSPS) is 11.6. The first-order valence-electron chi connectivity index (χ1n) is 8.39. The minimum absolute atomic E-state index is 0.502. The lowest BCUT2D eigenvalue weighted by Crippen LogP contribution is -2.07. The number of benzene rings is 2. The third kappa shape index (κ3) is 4.25. The maximum atomic E-state index is 11.5. The fourth-order valence-electron chi connectivity index (χ4n) is 2.81. The molecule has 1 heterocycles. The molecule has 0 spiro atoms. The Kier molecular flexibility index (Phi) is 5.93. The molecule has 0 saturated heterocycles. The summed E-state index contributed by atoms with van der Waals surface area (Å²) in [5.41, 5.74) is 2.70. The lowest BCUT2D eigenvalue weighted by atomic mass is 9.95. The van der Waals surface area contributed by atoms with E-state index in [0.717, 1.165) is 28.2 Å². The van der Waals surface area contributed by atoms with Gasteiger partial charge in [-0.1, -0.05) is 35.5 Å². The van der Waals surface area contributed by atoms with Crippen LogP contribution in [0.4, 0.5) is 0 Å². The first-order valence-corrected chi connectivity index (χ1v) is 8.39. The van der Waals surface area contributed by atoms with Gasteiger partial charge in [-0.15, -0.1) is 4.91 Å². The Balaban J connectivity index is 1.71. The Morgan fingerprint density at radius 2 is 1.77 bits per heavy atom. The number of nitrogens with zero attached hydrogens (tertiary/aromatic N) is 2. The quantitative estimate of drug-likeness (QED) is 0.560. The predicted molar refractivity (Wildman–Crippen MR) is 101 cm³/mol. The molecular weight excluding hydrogens is 328 g/mol. The summed E-state index contributed by atoms with van der Waals surface area (Å²) in [6, 6.07) is 18.4. The highest BCUT2D eigenvalue weighted by Gasteiger charge is 2.18. The number of aromatic nitrogens is 1. The second-order valence-electron chi connectivity index (χ2n) is 5.77. The molecule has 0 N–H and O–H groups in total. The van der Waals surface area contributed by atoms with Crippen molar-refractivity contribution < 1.29 is 9.47 Å². The number of pyridine rings is 1. The van der Waals surface area contributed by atoms with Crippen molar-refractivity contribution in [1.29, 1.82) is 0 Å². The topological polar surface area (TPSA) is 60.8 Å². The molecular formula is C21H20N2O3. The Morgan fingerprint density at radius 3 is 2.46 bits per heavy atom. The summed E-state index contributed by atoms with van der Waals surface area (Å²) in [7, 11) is 1.63. The molecule has 3 aromatic rings. The summed E-state index contributed by atoms with van der Waals surface area (Å²) >= 11 is 0. The van der Waals surface area contributed by atoms with Gasteiger partial charge in [-0.05, 0) is 41.5 Å². The largest absolute Gasteiger partial charge is 0.497 e. The highest BCUT2D eigenvalue weighted by molar-refractivity contribution is 5.37. The van der Waals surface area contributed by atoms with E-state index >= 15 is 0 Å². The monoisotopic (exact) mass is 348 g/mol. The van der Waals surface area contributed by atoms with E-state index in [2.05, 4.69) is 10.2 Å². The van der Waals surface area contributed by atoms with Crippen LogP contribution >= 0.6 is 0 Å². The average Bonchev–Trinajstić information content (AvgIpc) is 2.71. The third-order valence-electron chi connectivity index (χ3n) is 4.15. The van der Waals surface area contributed by atoms with Crippen LogP contribution in [0.1, 0.15) is 22.7 Å². The van der Waals surface area contributed by atoms with Crippen LogP contribution < -0.4 is 9.47 Å². The van der Waals surface area contributed by atoms with Gasteiger partial charge >= 0.3 is 0 Å². The fraction of sp³-hybridized carbons (Fsp3) is 0.190. The molecule has 0 amide bonds. The molecule has 1 unspecified atom stereocenters. The molecule has 0 aliphatic heterocycles. The van der Waals surface area contributed by atoms with E-state index < -0.39 is 6.04 Å². The number of nitroso groups, excluding NO2 is 1. The maximum Gasteiger partial charge on any atom is 0.144 e. The summed E-state index contributed by atoms with van der Waals surface area (Å²) in [6.45, 7) is 0.502. The van der Waals surface area contributed by atoms with Crippen LogP contribution in [0.2, 0.25) is 0 Å². The van der Waals surface area contributed by atoms with Crippen molar-refractivity contribution in [2.24, 2.45) is 5.18 Å². The van der Waals surface area contributed by atoms with Crippen LogP contribution in [0.5, 0.6) is 11.5 Å². The van der Waals surface area contributed by atoms with Gasteiger partial charge in [-0.3, -0.25) is 4.98 Å². The van der Waals surface area contributed by atoms with Gasteiger partial charge < -0.3 is 9.47 Å². The van der Waals surface area contributed by atoms with Crippen LogP contribution in [0, 0.1) is 4.91 Å². The standard InChI is InChI=1S/C21H20N2O3/c1-25-18-8-10-19(11-9-18)26-14-12-16-5-2-3-7-20(16)21(23-24)17-6-4-13-22-15-17/h2-11,13,15,21H,12,14H2,1H3. The molecule has 132 valence electrons. The molecule has 1 atom stereocenters. The van der Waals surface area contributed by atoms with Crippen LogP contribution in [-0.4, -0.2) is 18.7 Å². The number of rotatable bonds is 8. The van der Waals surface area contributed by atoms with Crippen molar-refractivity contribution in [1.82, 2.24) is 4.98 Å². The Labute approximate surface area is 152 Å². The van der Waals surface area contributed by atoms with Crippen LogP contribution in [0.15, 0.2) is 78.2 Å². The minimum Gasteiger partial charge on any atom is -0.497 e. The first-order chi connectivity index (χ1) is 12.8. The van der Waals surface area contributed by atoms with E-state index in [1.165, 1.54) is 0 Å². The molecule has 3 rings (SSSR count). The van der Waals surface area contributed by atoms with Crippen molar-refractivity contribution in [3.63, 3.8) is 0 Å². The summed E-state index contributed by atoms with van der Waals surface area (Å²) in [5.74, 6) is 1.57. The van der Waals surface area contributed by atoms with E-state index in [9.17, 15) is 4.91 Å². The minimum atomic E-state index is -0.569. The lowest BCUT2D eigenvalue weighted by Gasteiger charge is -2.15. The third-order valence-corrected chi connectivity index (χ3v) is 4.15. The smallest absolute Gasteiger partial charge is 0.144 e. The highest BCUT2D eigenvalue weighted by Crippen LogP contribution is 2.28. The van der Waals surface area contributed by atoms with Gasteiger partial charge in [-0.25, -0.2) is 0 Å². The zero-order valence-corrected chi connectivity index (χ0v) is 14.5. The second kappa shape index (κ2) is 8.76. The molecule has 0 saturated carbocycles. The molecule has 1 aromatic heterocycles. The van der Waals surface area contributed by atoms with E-state index in [1.54, 1.807) is 19.5 Å². The van der Waals surface area contributed by atoms with Gasteiger partial charge in [0.15, 0.2) is 0 Å². The SMILES string of the molecule is COc1ccc(OCCc2ccccc2C(N=O)c2cccnc2)cc1. The van der Waals surface area contributed by atoms with Crippen molar-refractivity contribution in [2.45, 2.75) is 12.5 Å². The number of methoxy groups -OCH3 is 1. The Morgan fingerprint density at radius 1 is 1.00 bits per heavy atom. The summed E-state index contributed by atoms with van der Waals surface area (Å²) in [6.07, 6.45) is 4.03. The van der Waals surface area contributed by atoms with Crippen LogP contribution in [0.25, 0.3) is 0 Å². The van der Waals surface area contributed by atoms with Crippen LogP contribution in [0.3, 0.4) is 0 Å². The number of hydrogen-bond acceptors (Lipinski definition) is 5. The van der Waals surface area contributed by atoms with Crippen molar-refractivity contribution in [3.8, 4) is 11.5 Å². The fourth-order valence-corrected chi connectivity index (χ4v) is 2.81. The first kappa shape index (κ1) is 17.6. The Hall–Kier alpha value is -3.21. The van der Waals surface area contributed by atoms with Gasteiger partial charge in [0.25, 0.3) is 0 Å². The zero-order chi connectivity index (χ0) is 18.2. The molecule has 0 fully saturated rings. The van der Waals surface area contributed by atoms with E-state index in [1.807, 2.05) is 60.7 Å². The second-order valence-corrected chi connectivity index (χ2v) is 5.77.